The first-order valence-electron chi connectivity index (χ1n) is 8.26. The van der Waals surface area contributed by atoms with Gasteiger partial charge in [0.15, 0.2) is 0 Å². The number of likely N-dealkylation sites (tertiary alicyclic amines) is 1. The summed E-state index contributed by atoms with van der Waals surface area (Å²) in [5.41, 5.74) is 1.05. The maximum Gasteiger partial charge on any atom is 0.239 e. The van der Waals surface area contributed by atoms with Crippen molar-refractivity contribution in [1.29, 1.82) is 0 Å². The highest BCUT2D eigenvalue weighted by Crippen LogP contribution is 2.26. The molecular weight excluding hydrogens is 292 g/mol. The Bertz CT molecular complexity index is 527. The van der Waals surface area contributed by atoms with Crippen molar-refractivity contribution in [3.05, 3.63) is 23.8 Å². The normalized spacial score (nSPS) is 16.3. The third-order valence-corrected chi connectivity index (χ3v) is 4.60. The van der Waals surface area contributed by atoms with Crippen LogP contribution in [0.4, 0.5) is 0 Å². The van der Waals surface area contributed by atoms with Crippen LogP contribution >= 0.6 is 0 Å². The second-order valence-electron chi connectivity index (χ2n) is 6.15. The van der Waals surface area contributed by atoms with Gasteiger partial charge in [-0.25, -0.2) is 0 Å². The van der Waals surface area contributed by atoms with Gasteiger partial charge in [-0.3, -0.25) is 9.69 Å². The van der Waals surface area contributed by atoms with Crippen molar-refractivity contribution >= 4 is 5.91 Å². The minimum Gasteiger partial charge on any atom is -0.497 e. The molecule has 0 N–H and O–H groups in total. The Balaban J connectivity index is 2.02. The Morgan fingerprint density at radius 1 is 1.22 bits per heavy atom. The van der Waals surface area contributed by atoms with Gasteiger partial charge in [0, 0.05) is 31.3 Å². The van der Waals surface area contributed by atoms with Gasteiger partial charge in [-0.1, -0.05) is 6.07 Å². The van der Waals surface area contributed by atoms with Crippen molar-refractivity contribution in [2.24, 2.45) is 0 Å². The van der Waals surface area contributed by atoms with Crippen LogP contribution in [0.5, 0.6) is 11.5 Å². The third kappa shape index (κ3) is 4.38. The van der Waals surface area contributed by atoms with E-state index in [0.29, 0.717) is 6.54 Å². The van der Waals surface area contributed by atoms with E-state index in [0.717, 1.165) is 43.0 Å². The zero-order valence-corrected chi connectivity index (χ0v) is 14.7. The standard InChI is InChI=1S/C18H28N2O3/c1-14(18(21)20-10-6-5-7-11-20)19(2)13-15-8-9-16(22-3)12-17(15)23-4/h8-9,12,14H,5-7,10-11,13H2,1-4H3. The van der Waals surface area contributed by atoms with Crippen LogP contribution < -0.4 is 9.47 Å². The largest absolute Gasteiger partial charge is 0.497 e. The molecule has 1 aliphatic heterocycles. The molecule has 0 bridgehead atoms. The third-order valence-electron chi connectivity index (χ3n) is 4.60. The number of methoxy groups -OCH3 is 2. The van der Waals surface area contributed by atoms with Crippen LogP contribution in [-0.4, -0.2) is 56.1 Å². The molecule has 0 radical (unpaired) electrons. The molecule has 1 unspecified atom stereocenters. The van der Waals surface area contributed by atoms with Gasteiger partial charge in [-0.15, -0.1) is 0 Å². The molecule has 1 amide bonds. The van der Waals surface area contributed by atoms with Gasteiger partial charge in [-0.05, 0) is 39.3 Å². The minimum absolute atomic E-state index is 0.139. The summed E-state index contributed by atoms with van der Waals surface area (Å²) >= 11 is 0. The summed E-state index contributed by atoms with van der Waals surface area (Å²) in [5, 5.41) is 0. The van der Waals surface area contributed by atoms with Crippen LogP contribution in [0.2, 0.25) is 0 Å². The van der Waals surface area contributed by atoms with Gasteiger partial charge in [0.2, 0.25) is 5.91 Å². The van der Waals surface area contributed by atoms with Crippen LogP contribution in [0.3, 0.4) is 0 Å². The lowest BCUT2D eigenvalue weighted by Gasteiger charge is -2.33. The predicted molar refractivity (Wildman–Crippen MR) is 90.9 cm³/mol. The second-order valence-corrected chi connectivity index (χ2v) is 6.15. The highest BCUT2D eigenvalue weighted by Gasteiger charge is 2.25. The van der Waals surface area contributed by atoms with Crippen molar-refractivity contribution in [1.82, 2.24) is 9.80 Å². The molecule has 1 fully saturated rings. The Hall–Kier alpha value is -1.75. The first-order valence-corrected chi connectivity index (χ1v) is 8.26. The second kappa shape index (κ2) is 8.20. The molecule has 1 saturated heterocycles. The van der Waals surface area contributed by atoms with Gasteiger partial charge in [0.1, 0.15) is 11.5 Å². The fourth-order valence-corrected chi connectivity index (χ4v) is 2.96. The van der Waals surface area contributed by atoms with Crippen molar-refractivity contribution in [2.75, 3.05) is 34.4 Å². The summed E-state index contributed by atoms with van der Waals surface area (Å²) in [4.78, 5) is 16.7. The van der Waals surface area contributed by atoms with Crippen LogP contribution in [0, 0.1) is 0 Å². The zero-order valence-electron chi connectivity index (χ0n) is 14.7. The summed E-state index contributed by atoms with van der Waals surface area (Å²) < 4.78 is 10.7. The Kier molecular flexibility index (Phi) is 6.28. The maximum absolute atomic E-state index is 12.6. The lowest BCUT2D eigenvalue weighted by atomic mass is 10.1. The molecule has 0 saturated carbocycles. The summed E-state index contributed by atoms with van der Waals surface area (Å²) in [7, 11) is 5.27. The van der Waals surface area contributed by atoms with Crippen molar-refractivity contribution in [3.8, 4) is 11.5 Å². The van der Waals surface area contributed by atoms with E-state index in [1.807, 2.05) is 37.1 Å². The zero-order chi connectivity index (χ0) is 16.8. The van der Waals surface area contributed by atoms with E-state index in [1.165, 1.54) is 6.42 Å². The number of benzene rings is 1. The topological polar surface area (TPSA) is 42.0 Å². The Labute approximate surface area is 139 Å². The monoisotopic (exact) mass is 320 g/mol. The molecule has 0 aliphatic carbocycles. The molecule has 5 heteroatoms. The van der Waals surface area contributed by atoms with Crippen LogP contribution in [0.25, 0.3) is 0 Å². The number of ether oxygens (including phenoxy) is 2. The summed E-state index contributed by atoms with van der Waals surface area (Å²) in [5.74, 6) is 1.78. The molecule has 1 atom stereocenters. The molecule has 0 spiro atoms. The number of hydrogen-bond acceptors (Lipinski definition) is 4. The fraction of sp³-hybridized carbons (Fsp3) is 0.611. The molecule has 5 nitrogen and oxygen atoms in total. The number of piperidine rings is 1. The van der Waals surface area contributed by atoms with E-state index in [4.69, 9.17) is 9.47 Å². The number of carbonyl (C=O) groups excluding carboxylic acids is 1. The van der Waals surface area contributed by atoms with Gasteiger partial charge in [-0.2, -0.15) is 0 Å². The fourth-order valence-electron chi connectivity index (χ4n) is 2.96. The number of likely N-dealkylation sites (N-methyl/N-ethyl adjacent to an activating group) is 1. The highest BCUT2D eigenvalue weighted by atomic mass is 16.5. The van der Waals surface area contributed by atoms with Gasteiger partial charge in [0.05, 0.1) is 20.3 Å². The van der Waals surface area contributed by atoms with E-state index in [9.17, 15) is 4.79 Å². The summed E-state index contributed by atoms with van der Waals surface area (Å²) in [6.07, 6.45) is 3.47. The lowest BCUT2D eigenvalue weighted by molar-refractivity contribution is -0.137. The van der Waals surface area contributed by atoms with Crippen LogP contribution in [-0.2, 0) is 11.3 Å². The highest BCUT2D eigenvalue weighted by molar-refractivity contribution is 5.81. The molecule has 1 aromatic rings. The van der Waals surface area contributed by atoms with Gasteiger partial charge < -0.3 is 14.4 Å². The predicted octanol–water partition coefficient (Wildman–Crippen LogP) is 2.54. The van der Waals surface area contributed by atoms with Gasteiger partial charge >= 0.3 is 0 Å². The van der Waals surface area contributed by atoms with Crippen molar-refractivity contribution in [2.45, 2.75) is 38.8 Å². The van der Waals surface area contributed by atoms with E-state index < -0.39 is 0 Å². The van der Waals surface area contributed by atoms with E-state index in [-0.39, 0.29) is 11.9 Å². The Morgan fingerprint density at radius 2 is 1.91 bits per heavy atom. The van der Waals surface area contributed by atoms with E-state index in [2.05, 4.69) is 4.90 Å². The number of amides is 1. The Morgan fingerprint density at radius 3 is 2.52 bits per heavy atom. The molecule has 23 heavy (non-hydrogen) atoms. The number of carbonyl (C=O) groups is 1. The van der Waals surface area contributed by atoms with Crippen molar-refractivity contribution < 1.29 is 14.3 Å². The quantitative estimate of drug-likeness (QED) is 0.808. The summed E-state index contributed by atoms with van der Waals surface area (Å²) in [6.45, 7) is 4.42. The average molecular weight is 320 g/mol. The molecule has 128 valence electrons. The van der Waals surface area contributed by atoms with E-state index >= 15 is 0 Å². The first-order chi connectivity index (χ1) is 11.1. The van der Waals surface area contributed by atoms with Crippen LogP contribution in [0.1, 0.15) is 31.7 Å². The minimum atomic E-state index is -0.139. The first kappa shape index (κ1) is 17.6. The maximum atomic E-state index is 12.6. The molecular formula is C18H28N2O3. The van der Waals surface area contributed by atoms with E-state index in [1.54, 1.807) is 14.2 Å². The molecule has 1 aliphatic rings. The molecule has 2 rings (SSSR count). The number of rotatable bonds is 6. The smallest absolute Gasteiger partial charge is 0.239 e. The average Bonchev–Trinajstić information content (AvgIpc) is 2.61. The molecule has 1 heterocycles. The molecule has 0 aromatic heterocycles. The summed E-state index contributed by atoms with van der Waals surface area (Å²) in [6, 6.07) is 5.65. The lowest BCUT2D eigenvalue weighted by Crippen LogP contribution is -2.47. The number of hydrogen-bond donors (Lipinski definition) is 0. The SMILES string of the molecule is COc1ccc(CN(C)C(C)C(=O)N2CCCCC2)c(OC)c1. The van der Waals surface area contributed by atoms with Crippen molar-refractivity contribution in [3.63, 3.8) is 0 Å². The van der Waals surface area contributed by atoms with Crippen LogP contribution in [0.15, 0.2) is 18.2 Å². The molecule has 1 aromatic carbocycles. The van der Waals surface area contributed by atoms with Gasteiger partial charge in [0.25, 0.3) is 0 Å². The number of nitrogens with zero attached hydrogens (tertiary/aromatic N) is 2.